The van der Waals surface area contributed by atoms with Gasteiger partial charge >= 0.3 is 0 Å². The monoisotopic (exact) mass is 395 g/mol. The first-order valence-corrected chi connectivity index (χ1v) is 9.53. The number of likely N-dealkylation sites (tertiary alicyclic amines) is 1. The maximum absolute atomic E-state index is 14.0. The van der Waals surface area contributed by atoms with Gasteiger partial charge in [-0.05, 0) is 30.7 Å². The number of ether oxygens (including phenoxy) is 1. The molecule has 1 amide bonds. The fourth-order valence-corrected chi connectivity index (χ4v) is 4.21. The van der Waals surface area contributed by atoms with Crippen molar-refractivity contribution in [2.24, 2.45) is 0 Å². The minimum Gasteiger partial charge on any atom is -0.363 e. The number of carbonyl (C=O) groups is 1. The maximum atomic E-state index is 14.0. The van der Waals surface area contributed by atoms with Crippen molar-refractivity contribution in [1.82, 2.24) is 14.5 Å². The Hall–Kier alpha value is -3.06. The van der Waals surface area contributed by atoms with Gasteiger partial charge < -0.3 is 14.2 Å². The van der Waals surface area contributed by atoms with Crippen LogP contribution in [0.2, 0.25) is 0 Å². The van der Waals surface area contributed by atoms with E-state index in [4.69, 9.17) is 4.74 Å². The van der Waals surface area contributed by atoms with E-state index in [1.165, 1.54) is 24.3 Å². The maximum Gasteiger partial charge on any atom is 0.256 e. The number of aromatic nitrogens is 2. The normalized spacial score (nSPS) is 20.8. The van der Waals surface area contributed by atoms with Crippen LogP contribution >= 0.6 is 0 Å². The SMILES string of the molecule is O=C(c1ccccc1F)N1CCC2(C1)Cn1c(-c3cccc(F)c3)cnc1CO2. The number of imidazole rings is 1. The second-order valence-corrected chi connectivity index (χ2v) is 7.58. The van der Waals surface area contributed by atoms with E-state index < -0.39 is 11.4 Å². The van der Waals surface area contributed by atoms with Crippen LogP contribution in [0.15, 0.2) is 54.7 Å². The number of hydrogen-bond acceptors (Lipinski definition) is 3. The largest absolute Gasteiger partial charge is 0.363 e. The molecule has 1 aromatic heterocycles. The molecule has 7 heteroatoms. The van der Waals surface area contributed by atoms with E-state index in [9.17, 15) is 13.6 Å². The molecule has 29 heavy (non-hydrogen) atoms. The molecular weight excluding hydrogens is 376 g/mol. The average molecular weight is 395 g/mol. The van der Waals surface area contributed by atoms with Crippen LogP contribution in [0.3, 0.4) is 0 Å². The number of nitrogens with zero attached hydrogens (tertiary/aromatic N) is 3. The van der Waals surface area contributed by atoms with E-state index >= 15 is 0 Å². The van der Waals surface area contributed by atoms with E-state index in [1.807, 2.05) is 10.6 Å². The van der Waals surface area contributed by atoms with Crippen molar-refractivity contribution in [2.45, 2.75) is 25.2 Å². The van der Waals surface area contributed by atoms with Crippen molar-refractivity contribution in [1.29, 1.82) is 0 Å². The predicted octanol–water partition coefficient (Wildman–Crippen LogP) is 3.64. The molecule has 3 heterocycles. The van der Waals surface area contributed by atoms with E-state index in [1.54, 1.807) is 29.3 Å². The van der Waals surface area contributed by atoms with Gasteiger partial charge in [0, 0.05) is 12.1 Å². The number of rotatable bonds is 2. The molecule has 148 valence electrons. The average Bonchev–Trinajstić information content (AvgIpc) is 3.32. The quantitative estimate of drug-likeness (QED) is 0.666. The number of halogens is 2. The Balaban J connectivity index is 1.41. The third kappa shape index (κ3) is 3.11. The van der Waals surface area contributed by atoms with Gasteiger partial charge in [-0.25, -0.2) is 13.8 Å². The second kappa shape index (κ2) is 6.77. The lowest BCUT2D eigenvalue weighted by Crippen LogP contribution is -2.45. The first-order valence-electron chi connectivity index (χ1n) is 9.53. The van der Waals surface area contributed by atoms with Gasteiger partial charge in [-0.1, -0.05) is 24.3 Å². The third-order valence-electron chi connectivity index (χ3n) is 5.72. The summed E-state index contributed by atoms with van der Waals surface area (Å²) in [7, 11) is 0. The van der Waals surface area contributed by atoms with E-state index in [0.717, 1.165) is 17.1 Å². The third-order valence-corrected chi connectivity index (χ3v) is 5.72. The van der Waals surface area contributed by atoms with Gasteiger partial charge in [0.05, 0.1) is 30.5 Å². The fourth-order valence-electron chi connectivity index (χ4n) is 4.21. The van der Waals surface area contributed by atoms with Crippen LogP contribution in [-0.4, -0.2) is 39.0 Å². The zero-order valence-corrected chi connectivity index (χ0v) is 15.6. The smallest absolute Gasteiger partial charge is 0.256 e. The Kier molecular flexibility index (Phi) is 4.20. The summed E-state index contributed by atoms with van der Waals surface area (Å²) in [5.74, 6) is -0.380. The van der Waals surface area contributed by atoms with Crippen LogP contribution in [0.25, 0.3) is 11.3 Å². The molecule has 2 aliphatic heterocycles. The van der Waals surface area contributed by atoms with Crippen molar-refractivity contribution in [2.75, 3.05) is 13.1 Å². The lowest BCUT2D eigenvalue weighted by Gasteiger charge is -2.35. The molecule has 0 N–H and O–H groups in total. The Morgan fingerprint density at radius 1 is 1.10 bits per heavy atom. The standard InChI is InChI=1S/C22H19F2N3O2/c23-16-5-3-4-15(10-16)19-11-25-20-12-29-22(14-27(19)20)8-9-26(13-22)21(28)17-6-1-2-7-18(17)24/h1-7,10-11H,8-9,12-14H2. The highest BCUT2D eigenvalue weighted by atomic mass is 19.1. The van der Waals surface area contributed by atoms with E-state index in [-0.39, 0.29) is 17.3 Å². The lowest BCUT2D eigenvalue weighted by molar-refractivity contribution is -0.0804. The number of fused-ring (bicyclic) bond motifs is 1. The molecule has 1 atom stereocenters. The summed E-state index contributed by atoms with van der Waals surface area (Å²) in [6.45, 7) is 1.69. The second-order valence-electron chi connectivity index (χ2n) is 7.58. The van der Waals surface area contributed by atoms with Gasteiger partial charge in [0.15, 0.2) is 0 Å². The first kappa shape index (κ1) is 18.0. The Labute approximate surface area is 166 Å². The van der Waals surface area contributed by atoms with Gasteiger partial charge in [-0.15, -0.1) is 0 Å². The molecule has 5 rings (SSSR count). The van der Waals surface area contributed by atoms with Gasteiger partial charge in [0.2, 0.25) is 0 Å². The minimum atomic E-state index is -0.559. The summed E-state index contributed by atoms with van der Waals surface area (Å²) < 4.78 is 35.9. The molecule has 5 nitrogen and oxygen atoms in total. The van der Waals surface area contributed by atoms with Gasteiger partial charge in [0.25, 0.3) is 5.91 Å². The molecule has 2 aromatic carbocycles. The van der Waals surface area contributed by atoms with Crippen LogP contribution < -0.4 is 0 Å². The van der Waals surface area contributed by atoms with Crippen molar-refractivity contribution in [3.05, 3.63) is 77.8 Å². The molecule has 1 saturated heterocycles. The zero-order chi connectivity index (χ0) is 20.0. The molecule has 1 fully saturated rings. The van der Waals surface area contributed by atoms with Crippen LogP contribution in [0.5, 0.6) is 0 Å². The van der Waals surface area contributed by atoms with Crippen molar-refractivity contribution in [3.8, 4) is 11.3 Å². The number of amides is 1. The molecular formula is C22H19F2N3O2. The van der Waals surface area contributed by atoms with Crippen LogP contribution in [0.1, 0.15) is 22.6 Å². The summed E-state index contributed by atoms with van der Waals surface area (Å²) in [6.07, 6.45) is 2.37. The van der Waals surface area contributed by atoms with Crippen molar-refractivity contribution >= 4 is 5.91 Å². The molecule has 1 spiro atoms. The topological polar surface area (TPSA) is 47.4 Å². The Morgan fingerprint density at radius 3 is 2.79 bits per heavy atom. The Morgan fingerprint density at radius 2 is 1.97 bits per heavy atom. The Bertz CT molecular complexity index is 1100. The van der Waals surface area contributed by atoms with Crippen molar-refractivity contribution < 1.29 is 18.3 Å². The summed E-state index contributed by atoms with van der Waals surface area (Å²) in [6, 6.07) is 12.4. The van der Waals surface area contributed by atoms with Crippen LogP contribution in [0.4, 0.5) is 8.78 Å². The van der Waals surface area contributed by atoms with Crippen LogP contribution in [-0.2, 0) is 17.9 Å². The van der Waals surface area contributed by atoms with Crippen LogP contribution in [0, 0.1) is 11.6 Å². The highest BCUT2D eigenvalue weighted by Gasteiger charge is 2.44. The predicted molar refractivity (Wildman–Crippen MR) is 102 cm³/mol. The molecule has 1 unspecified atom stereocenters. The molecule has 2 aliphatic rings. The first-order chi connectivity index (χ1) is 14.0. The zero-order valence-electron chi connectivity index (χ0n) is 15.6. The highest BCUT2D eigenvalue weighted by Crippen LogP contribution is 2.35. The lowest BCUT2D eigenvalue weighted by atomic mass is 10.0. The van der Waals surface area contributed by atoms with E-state index in [0.29, 0.717) is 32.7 Å². The van der Waals surface area contributed by atoms with Gasteiger partial charge in [-0.2, -0.15) is 0 Å². The molecule has 3 aromatic rings. The summed E-state index contributed by atoms with van der Waals surface area (Å²) in [4.78, 5) is 18.8. The fraction of sp³-hybridized carbons (Fsp3) is 0.273. The number of carbonyl (C=O) groups excluding carboxylic acids is 1. The van der Waals surface area contributed by atoms with Crippen molar-refractivity contribution in [3.63, 3.8) is 0 Å². The van der Waals surface area contributed by atoms with E-state index in [2.05, 4.69) is 4.98 Å². The number of benzene rings is 2. The number of hydrogen-bond donors (Lipinski definition) is 0. The van der Waals surface area contributed by atoms with Gasteiger partial charge in [-0.3, -0.25) is 4.79 Å². The molecule has 0 radical (unpaired) electrons. The minimum absolute atomic E-state index is 0.0733. The summed E-state index contributed by atoms with van der Waals surface area (Å²) in [5.41, 5.74) is 1.08. The molecule has 0 bridgehead atoms. The highest BCUT2D eigenvalue weighted by molar-refractivity contribution is 5.94. The van der Waals surface area contributed by atoms with Gasteiger partial charge in [0.1, 0.15) is 29.7 Å². The molecule has 0 saturated carbocycles. The summed E-state index contributed by atoms with van der Waals surface area (Å²) in [5, 5.41) is 0. The molecule has 0 aliphatic carbocycles. The summed E-state index contributed by atoms with van der Waals surface area (Å²) >= 11 is 0.